The molecule has 5 unspecified atom stereocenters. The van der Waals surface area contributed by atoms with E-state index in [0.29, 0.717) is 62.0 Å². The molecule has 6 aromatic carbocycles. The van der Waals surface area contributed by atoms with Gasteiger partial charge < -0.3 is 45.0 Å². The highest BCUT2D eigenvalue weighted by Crippen LogP contribution is 2.35. The number of nitrogens with zero attached hydrogens (tertiary/aromatic N) is 6. The zero-order valence-electron chi connectivity index (χ0n) is 61.4. The standard InChI is InChI=1S/C37H43ClN4O7.C28H33N3O8.C12H11ClN4/c1-8-28(49-29-18-15-22(3)19-23(29)4)32(44)39-25-16-17-26(38)27(20-25)40-33(45)30(31(43)37(5,6)7)42-34(46)35(48-9-2)41(36(42)47)21-24-13-11-10-12-14-24;1-8-20(38-21-11-9-15(2)13-16(21)3)24(33)29-18-10-12-22(37-7)19(14-18)30-25(34)23(17(4)32)31-26(35)28(5,6)39-27(31)36;1-7-3-5-9(6-4-7)11-14-12-10(13)8(2)15-17(12)16-11/h10-20,28,30,35H,8-9,21H2,1-7H3,(H,39,44)(H,40,45);9-14,20,23H,8H2,1-7H3,(H,29,33)(H,30,34);3-6,15H,1-2H3. The quantitative estimate of drug-likeness (QED) is 0.0277. The molecule has 0 radical (unpaired) electrons. The Kier molecular flexibility index (Phi) is 25.9. The lowest BCUT2D eigenvalue weighted by atomic mass is 9.85. The third kappa shape index (κ3) is 19.1. The average molecular weight is 1480 g/mol. The summed E-state index contributed by atoms with van der Waals surface area (Å²) in [5, 5.41) is 18.8. The lowest BCUT2D eigenvalue weighted by Crippen LogP contribution is -2.55. The zero-order valence-corrected chi connectivity index (χ0v) is 62.9. The van der Waals surface area contributed by atoms with Crippen LogP contribution in [0.25, 0.3) is 17.0 Å². The largest absolute Gasteiger partial charge is 0.495 e. The van der Waals surface area contributed by atoms with Crippen molar-refractivity contribution in [2.24, 2.45) is 5.41 Å². The number of benzene rings is 6. The van der Waals surface area contributed by atoms with Crippen LogP contribution in [-0.2, 0) is 54.4 Å². The number of carbonyl (C=O) groups is 10. The van der Waals surface area contributed by atoms with Crippen LogP contribution < -0.4 is 35.5 Å². The summed E-state index contributed by atoms with van der Waals surface area (Å²) in [7, 11) is 1.38. The van der Waals surface area contributed by atoms with Gasteiger partial charge in [0.25, 0.3) is 35.4 Å². The maximum absolute atomic E-state index is 14.0. The number of hydrogen-bond donors (Lipinski definition) is 5. The number of aromatic amines is 1. The molecule has 26 nitrogen and oxygen atoms in total. The summed E-state index contributed by atoms with van der Waals surface area (Å²) >= 11 is 12.6. The molecule has 4 heterocycles. The van der Waals surface area contributed by atoms with Crippen LogP contribution >= 0.6 is 23.2 Å². The zero-order chi connectivity index (χ0) is 77.1. The average Bonchev–Trinajstić information content (AvgIpc) is 1.62. The van der Waals surface area contributed by atoms with Crippen LogP contribution in [0.5, 0.6) is 17.2 Å². The van der Waals surface area contributed by atoms with E-state index in [1.807, 2.05) is 115 Å². The summed E-state index contributed by atoms with van der Waals surface area (Å²) in [4.78, 5) is 139. The molecule has 5 atom stereocenters. The molecule has 8 aromatic rings. The van der Waals surface area contributed by atoms with Crippen LogP contribution in [0, 0.1) is 47.0 Å². The molecule has 2 fully saturated rings. The van der Waals surface area contributed by atoms with Crippen molar-refractivity contribution in [1.82, 2.24) is 34.5 Å². The Labute approximate surface area is 618 Å². The fourth-order valence-corrected chi connectivity index (χ4v) is 11.5. The number of urea groups is 1. The van der Waals surface area contributed by atoms with Gasteiger partial charge in [-0.25, -0.2) is 24.4 Å². The number of aryl methyl sites for hydroxylation is 6. The van der Waals surface area contributed by atoms with Gasteiger partial charge in [0, 0.05) is 29.0 Å². The van der Waals surface area contributed by atoms with Crippen molar-refractivity contribution < 1.29 is 71.6 Å². The van der Waals surface area contributed by atoms with E-state index in [-0.39, 0.29) is 35.3 Å². The van der Waals surface area contributed by atoms with Crippen molar-refractivity contribution in [2.45, 2.75) is 159 Å². The number of carbonyl (C=O) groups excluding carboxylic acids is 10. The third-order valence-corrected chi connectivity index (χ3v) is 17.6. The van der Waals surface area contributed by atoms with Crippen molar-refractivity contribution in [2.75, 3.05) is 35.0 Å². The fourth-order valence-electron chi connectivity index (χ4n) is 11.2. The Balaban J connectivity index is 0.000000220. The molecule has 2 aliphatic rings. The van der Waals surface area contributed by atoms with E-state index in [2.05, 4.69) is 43.4 Å². The Hall–Kier alpha value is -11.0. The number of halogens is 2. The number of methoxy groups -OCH3 is 1. The Bertz CT molecular complexity index is 4610. The van der Waals surface area contributed by atoms with Crippen molar-refractivity contribution in [3.8, 4) is 28.6 Å². The summed E-state index contributed by atoms with van der Waals surface area (Å²) in [5.41, 5.74) is 6.56. The summed E-state index contributed by atoms with van der Waals surface area (Å²) in [6.07, 6.45) is -3.25. The number of aromatic nitrogens is 4. The number of cyclic esters (lactones) is 1. The molecule has 5 N–H and O–H groups in total. The van der Waals surface area contributed by atoms with E-state index in [4.69, 9.17) is 46.9 Å². The number of ketones is 2. The van der Waals surface area contributed by atoms with Crippen molar-refractivity contribution >= 4 is 111 Å². The smallest absolute Gasteiger partial charge is 0.418 e. The van der Waals surface area contributed by atoms with Gasteiger partial charge in [-0.1, -0.05) is 153 Å². The molecule has 2 saturated heterocycles. The van der Waals surface area contributed by atoms with Gasteiger partial charge in [0.15, 0.2) is 52.9 Å². The van der Waals surface area contributed by atoms with Gasteiger partial charge in [-0.3, -0.25) is 48.4 Å². The number of rotatable bonds is 24. The van der Waals surface area contributed by atoms with E-state index in [0.717, 1.165) is 46.0 Å². The second-order valence-electron chi connectivity index (χ2n) is 26.7. The van der Waals surface area contributed by atoms with Gasteiger partial charge >= 0.3 is 12.1 Å². The number of fused-ring (bicyclic) bond motifs is 1. The van der Waals surface area contributed by atoms with E-state index in [9.17, 15) is 47.9 Å². The maximum Gasteiger partial charge on any atom is 0.418 e. The molecule has 0 spiro atoms. The molecule has 554 valence electrons. The number of hydrogen-bond acceptors (Lipinski definition) is 17. The second-order valence-corrected chi connectivity index (χ2v) is 27.5. The SMILES string of the molecule is CCC(Oc1ccc(C)cc1C)C(=O)Nc1ccc(OC)c(NC(=O)C(C(C)=O)N2C(=O)OC(C)(C)C2=O)c1.CCOC1C(=O)N(C(C(=O)Nc2cc(NC(=O)C(CC)Oc3ccc(C)cc3C)ccc2Cl)C(=O)C(C)(C)C)C(=O)N1Cc1ccccc1.Cc1ccc(-c2nc3c(Cl)c(C)[nH]n3n2)cc1. The van der Waals surface area contributed by atoms with Crippen LogP contribution in [0.15, 0.2) is 127 Å². The number of anilines is 4. The van der Waals surface area contributed by atoms with E-state index in [1.165, 1.54) is 55.7 Å². The summed E-state index contributed by atoms with van der Waals surface area (Å²) in [6.45, 7) is 25.7. The predicted octanol–water partition coefficient (Wildman–Crippen LogP) is 13.3. The third-order valence-electron chi connectivity index (χ3n) is 16.8. The van der Waals surface area contributed by atoms with Gasteiger partial charge in [-0.05, 0) is 147 Å². The monoisotopic (exact) mass is 1480 g/mol. The number of nitrogens with one attached hydrogen (secondary N) is 5. The maximum atomic E-state index is 14.0. The molecule has 105 heavy (non-hydrogen) atoms. The normalized spacial score (nSPS) is 15.1. The van der Waals surface area contributed by atoms with Crippen molar-refractivity contribution in [3.05, 3.63) is 177 Å². The van der Waals surface area contributed by atoms with Gasteiger partial charge in [0.05, 0.1) is 35.7 Å². The van der Waals surface area contributed by atoms with Crippen molar-refractivity contribution in [3.63, 3.8) is 0 Å². The van der Waals surface area contributed by atoms with Gasteiger partial charge in [-0.2, -0.15) is 4.63 Å². The minimum Gasteiger partial charge on any atom is -0.495 e. The van der Waals surface area contributed by atoms with Crippen LogP contribution in [0.4, 0.5) is 32.3 Å². The van der Waals surface area contributed by atoms with Crippen LogP contribution in [0.2, 0.25) is 10.0 Å². The number of imide groups is 2. The second kappa shape index (κ2) is 34.1. The molecule has 0 bridgehead atoms. The first-order chi connectivity index (χ1) is 49.6. The van der Waals surface area contributed by atoms with Gasteiger partial charge in [0.1, 0.15) is 22.3 Å². The summed E-state index contributed by atoms with van der Waals surface area (Å²) in [6, 6.07) is 33.0. The highest BCUT2D eigenvalue weighted by atomic mass is 35.5. The lowest BCUT2D eigenvalue weighted by Gasteiger charge is -2.29. The minimum atomic E-state index is -1.84. The number of Topliss-reactive ketones (excluding diaryl/α,β-unsaturated/α-hetero) is 2. The molecule has 28 heteroatoms. The molecule has 10 rings (SSSR count). The summed E-state index contributed by atoms with van der Waals surface area (Å²) in [5.74, 6) is -3.70. The highest BCUT2D eigenvalue weighted by molar-refractivity contribution is 6.34. The molecule has 2 aromatic heterocycles. The van der Waals surface area contributed by atoms with E-state index >= 15 is 0 Å². The lowest BCUT2D eigenvalue weighted by molar-refractivity contribution is -0.149. The highest BCUT2D eigenvalue weighted by Gasteiger charge is 2.55. The predicted molar refractivity (Wildman–Crippen MR) is 397 cm³/mol. The first kappa shape index (κ1) is 79.7. The number of ether oxygens (including phenoxy) is 5. The molecule has 0 aliphatic carbocycles. The first-order valence-corrected chi connectivity index (χ1v) is 34.6. The van der Waals surface area contributed by atoms with Crippen LogP contribution in [0.1, 0.15) is 114 Å². The van der Waals surface area contributed by atoms with Crippen LogP contribution in [-0.4, -0.2) is 143 Å². The first-order valence-electron chi connectivity index (χ1n) is 33.9. The van der Waals surface area contributed by atoms with E-state index in [1.54, 1.807) is 68.7 Å². The van der Waals surface area contributed by atoms with E-state index < -0.39 is 101 Å². The minimum absolute atomic E-state index is 0.0180. The Morgan fingerprint density at radius 2 is 1.16 bits per heavy atom. The number of amides is 9. The number of H-pyrrole nitrogens is 1. The topological polar surface area (TPSA) is 321 Å². The fraction of sp³-hybridized carbons (Fsp3) is 0.351. The van der Waals surface area contributed by atoms with Crippen molar-refractivity contribution in [1.29, 1.82) is 0 Å². The Morgan fingerprint density at radius 1 is 0.638 bits per heavy atom. The summed E-state index contributed by atoms with van der Waals surface area (Å²) < 4.78 is 29.6. The molecule has 9 amide bonds. The molecule has 0 saturated carbocycles. The molecular weight excluding hydrogens is 1390 g/mol. The molecular formula is C77H87Cl2N11O15. The van der Waals surface area contributed by atoms with Gasteiger partial charge in [0.2, 0.25) is 6.23 Å². The molecule has 2 aliphatic heterocycles. The van der Waals surface area contributed by atoms with Gasteiger partial charge in [-0.15, -0.1) is 5.10 Å². The van der Waals surface area contributed by atoms with Crippen LogP contribution in [0.3, 0.4) is 0 Å². The Morgan fingerprint density at radius 3 is 1.66 bits per heavy atom.